The van der Waals surface area contributed by atoms with Crippen LogP contribution in [-0.2, 0) is 0 Å². The van der Waals surface area contributed by atoms with Crippen LogP contribution < -0.4 is 11.1 Å². The second kappa shape index (κ2) is 5.10. The van der Waals surface area contributed by atoms with E-state index in [0.29, 0.717) is 5.69 Å². The Labute approximate surface area is 110 Å². The van der Waals surface area contributed by atoms with Crippen molar-refractivity contribution in [1.82, 2.24) is 0 Å². The van der Waals surface area contributed by atoms with Crippen LogP contribution in [0.15, 0.2) is 42.5 Å². The van der Waals surface area contributed by atoms with E-state index >= 15 is 0 Å². The number of nitro groups is 1. The molecule has 0 saturated carbocycles. The predicted octanol–water partition coefficient (Wildman–Crippen LogP) is 2.90. The van der Waals surface area contributed by atoms with Gasteiger partial charge in [0.1, 0.15) is 5.69 Å². The van der Waals surface area contributed by atoms with Crippen molar-refractivity contribution in [3.8, 4) is 12.3 Å². The first-order valence-electron chi connectivity index (χ1n) is 5.48. The summed E-state index contributed by atoms with van der Waals surface area (Å²) in [5, 5.41) is 13.7. The second-order valence-electron chi connectivity index (χ2n) is 3.88. The van der Waals surface area contributed by atoms with Crippen molar-refractivity contribution in [2.24, 2.45) is 0 Å². The molecule has 5 nitrogen and oxygen atoms in total. The Morgan fingerprint density at radius 1 is 1.21 bits per heavy atom. The van der Waals surface area contributed by atoms with Crippen LogP contribution in [-0.4, -0.2) is 4.92 Å². The molecule has 19 heavy (non-hydrogen) atoms. The third-order valence-corrected chi connectivity index (χ3v) is 2.54. The zero-order valence-corrected chi connectivity index (χ0v) is 9.96. The highest BCUT2D eigenvalue weighted by Gasteiger charge is 2.10. The average Bonchev–Trinajstić information content (AvgIpc) is 2.38. The normalized spacial score (nSPS) is 9.63. The molecule has 0 saturated heterocycles. The van der Waals surface area contributed by atoms with E-state index in [4.69, 9.17) is 12.2 Å². The van der Waals surface area contributed by atoms with E-state index in [0.717, 1.165) is 11.3 Å². The van der Waals surface area contributed by atoms with Gasteiger partial charge in [-0.3, -0.25) is 10.1 Å². The third kappa shape index (κ3) is 2.82. The molecule has 0 spiro atoms. The number of nitrogens with zero attached hydrogens (tertiary/aromatic N) is 1. The van der Waals surface area contributed by atoms with Crippen LogP contribution in [0.25, 0.3) is 0 Å². The van der Waals surface area contributed by atoms with Crippen LogP contribution in [0.4, 0.5) is 22.7 Å². The molecule has 0 radical (unpaired) electrons. The number of hydrogen-bond acceptors (Lipinski definition) is 4. The van der Waals surface area contributed by atoms with Gasteiger partial charge < -0.3 is 11.1 Å². The maximum atomic E-state index is 10.7. The van der Waals surface area contributed by atoms with Crippen LogP contribution >= 0.6 is 0 Å². The number of nitrogens with one attached hydrogen (secondary N) is 1. The van der Waals surface area contributed by atoms with E-state index in [-0.39, 0.29) is 11.4 Å². The van der Waals surface area contributed by atoms with Gasteiger partial charge in [0.25, 0.3) is 5.69 Å². The number of rotatable bonds is 3. The van der Waals surface area contributed by atoms with Gasteiger partial charge in [-0.05, 0) is 30.3 Å². The molecule has 0 aromatic heterocycles. The third-order valence-electron chi connectivity index (χ3n) is 2.54. The number of hydrogen-bond donors (Lipinski definition) is 2. The van der Waals surface area contributed by atoms with E-state index in [2.05, 4.69) is 11.2 Å². The van der Waals surface area contributed by atoms with Gasteiger partial charge in [0, 0.05) is 23.0 Å². The summed E-state index contributed by atoms with van der Waals surface area (Å²) in [5.41, 5.74) is 7.83. The molecule has 0 bridgehead atoms. The summed E-state index contributed by atoms with van der Waals surface area (Å²) < 4.78 is 0. The van der Waals surface area contributed by atoms with E-state index in [1.54, 1.807) is 12.1 Å². The van der Waals surface area contributed by atoms with E-state index < -0.39 is 4.92 Å². The summed E-state index contributed by atoms with van der Waals surface area (Å²) in [5.74, 6) is 2.53. The molecule has 0 heterocycles. The van der Waals surface area contributed by atoms with Crippen LogP contribution in [0.1, 0.15) is 5.56 Å². The standard InChI is InChI=1S/C14H11N3O2/c1-2-10-4-3-5-11(8-10)16-12-6-7-14(17(18)19)13(15)9-12/h1,3-9,16H,15H2. The van der Waals surface area contributed by atoms with Crippen molar-refractivity contribution in [3.05, 3.63) is 58.1 Å². The molecule has 5 heteroatoms. The molecule has 0 amide bonds. The summed E-state index contributed by atoms with van der Waals surface area (Å²) in [6.07, 6.45) is 5.32. The monoisotopic (exact) mass is 253 g/mol. The molecule has 0 aliphatic rings. The Morgan fingerprint density at radius 3 is 2.58 bits per heavy atom. The molecule has 0 aliphatic heterocycles. The van der Waals surface area contributed by atoms with Crippen molar-refractivity contribution in [3.63, 3.8) is 0 Å². The molecule has 0 atom stereocenters. The molecule has 94 valence electrons. The van der Waals surface area contributed by atoms with Gasteiger partial charge in [-0.25, -0.2) is 0 Å². The average molecular weight is 253 g/mol. The summed E-state index contributed by atoms with van der Waals surface area (Å²) in [4.78, 5) is 10.1. The fourth-order valence-corrected chi connectivity index (χ4v) is 1.65. The number of nitrogens with two attached hydrogens (primary N) is 1. The molecular formula is C14H11N3O2. The second-order valence-corrected chi connectivity index (χ2v) is 3.88. The number of terminal acetylenes is 1. The van der Waals surface area contributed by atoms with Crippen LogP contribution in [0.3, 0.4) is 0 Å². The first-order valence-corrected chi connectivity index (χ1v) is 5.48. The summed E-state index contributed by atoms with van der Waals surface area (Å²) in [6.45, 7) is 0. The van der Waals surface area contributed by atoms with Crippen LogP contribution in [0.2, 0.25) is 0 Å². The molecular weight excluding hydrogens is 242 g/mol. The van der Waals surface area contributed by atoms with Gasteiger partial charge in [-0.15, -0.1) is 6.42 Å². The number of anilines is 3. The van der Waals surface area contributed by atoms with Crippen molar-refractivity contribution < 1.29 is 4.92 Å². The lowest BCUT2D eigenvalue weighted by Gasteiger charge is -2.07. The zero-order valence-electron chi connectivity index (χ0n) is 9.96. The van der Waals surface area contributed by atoms with Gasteiger partial charge in [0.05, 0.1) is 4.92 Å². The molecule has 0 unspecified atom stereocenters. The highest BCUT2D eigenvalue weighted by molar-refractivity contribution is 5.70. The predicted molar refractivity (Wildman–Crippen MR) is 75.2 cm³/mol. The Balaban J connectivity index is 2.26. The van der Waals surface area contributed by atoms with Gasteiger partial charge in [-0.2, -0.15) is 0 Å². The number of nitro benzene ring substituents is 1. The fourth-order valence-electron chi connectivity index (χ4n) is 1.65. The quantitative estimate of drug-likeness (QED) is 0.381. The highest BCUT2D eigenvalue weighted by Crippen LogP contribution is 2.26. The van der Waals surface area contributed by atoms with Crippen molar-refractivity contribution in [2.45, 2.75) is 0 Å². The minimum Gasteiger partial charge on any atom is -0.393 e. The van der Waals surface area contributed by atoms with Gasteiger partial charge >= 0.3 is 0 Å². The minimum atomic E-state index is -0.516. The smallest absolute Gasteiger partial charge is 0.292 e. The van der Waals surface area contributed by atoms with Crippen LogP contribution in [0, 0.1) is 22.5 Å². The molecule has 0 aliphatic carbocycles. The van der Waals surface area contributed by atoms with Crippen molar-refractivity contribution in [1.29, 1.82) is 0 Å². The van der Waals surface area contributed by atoms with E-state index in [9.17, 15) is 10.1 Å². The van der Waals surface area contributed by atoms with Crippen molar-refractivity contribution >= 4 is 22.7 Å². The Bertz CT molecular complexity index is 675. The van der Waals surface area contributed by atoms with Gasteiger partial charge in [0.15, 0.2) is 0 Å². The number of nitrogen functional groups attached to an aromatic ring is 1. The lowest BCUT2D eigenvalue weighted by atomic mass is 10.2. The first-order chi connectivity index (χ1) is 9.10. The number of benzene rings is 2. The van der Waals surface area contributed by atoms with Crippen LogP contribution in [0.5, 0.6) is 0 Å². The highest BCUT2D eigenvalue weighted by atomic mass is 16.6. The topological polar surface area (TPSA) is 81.2 Å². The molecule has 2 rings (SSSR count). The minimum absolute atomic E-state index is 0.108. The Morgan fingerprint density at radius 2 is 1.95 bits per heavy atom. The fraction of sp³-hybridized carbons (Fsp3) is 0. The van der Waals surface area contributed by atoms with E-state index in [1.807, 2.05) is 18.2 Å². The summed E-state index contributed by atoms with van der Waals surface area (Å²) >= 11 is 0. The summed E-state index contributed by atoms with van der Waals surface area (Å²) in [6, 6.07) is 11.8. The summed E-state index contributed by atoms with van der Waals surface area (Å²) in [7, 11) is 0. The zero-order chi connectivity index (χ0) is 13.8. The molecule has 2 aromatic carbocycles. The maximum Gasteiger partial charge on any atom is 0.292 e. The molecule has 0 fully saturated rings. The van der Waals surface area contributed by atoms with Gasteiger partial charge in [0.2, 0.25) is 0 Å². The Kier molecular flexibility index (Phi) is 3.35. The van der Waals surface area contributed by atoms with Crippen molar-refractivity contribution in [2.75, 3.05) is 11.1 Å². The van der Waals surface area contributed by atoms with Gasteiger partial charge in [-0.1, -0.05) is 12.0 Å². The SMILES string of the molecule is C#Cc1cccc(Nc2ccc([N+](=O)[O-])c(N)c2)c1. The largest absolute Gasteiger partial charge is 0.393 e. The molecule has 2 aromatic rings. The lowest BCUT2D eigenvalue weighted by Crippen LogP contribution is -1.97. The first kappa shape index (κ1) is 12.5. The van der Waals surface area contributed by atoms with E-state index in [1.165, 1.54) is 12.1 Å². The lowest BCUT2D eigenvalue weighted by molar-refractivity contribution is -0.383. The maximum absolute atomic E-state index is 10.7. The Hall–Kier alpha value is -3.00. The molecule has 3 N–H and O–H groups in total.